The molecule has 0 heterocycles. The van der Waals surface area contributed by atoms with E-state index in [0.717, 1.165) is 0 Å². The minimum atomic E-state index is -0.0563. The molecule has 0 aromatic carbocycles. The SMILES string of the molecule is CC(C)CNC(=O)CN(C)CC(=O)NC(C)C. The van der Waals surface area contributed by atoms with Crippen molar-refractivity contribution in [2.75, 3.05) is 26.7 Å². The van der Waals surface area contributed by atoms with E-state index in [0.29, 0.717) is 12.5 Å². The summed E-state index contributed by atoms with van der Waals surface area (Å²) in [5.41, 5.74) is 0. The number of rotatable bonds is 7. The molecule has 2 amide bonds. The maximum absolute atomic E-state index is 11.5. The lowest BCUT2D eigenvalue weighted by Gasteiger charge is -2.17. The Morgan fingerprint density at radius 1 is 1.06 bits per heavy atom. The van der Waals surface area contributed by atoms with Crippen LogP contribution in [0.15, 0.2) is 0 Å². The fourth-order valence-corrected chi connectivity index (χ4v) is 1.29. The van der Waals surface area contributed by atoms with Crippen molar-refractivity contribution in [2.24, 2.45) is 5.92 Å². The first-order valence-electron chi connectivity index (χ1n) is 6.05. The lowest BCUT2D eigenvalue weighted by molar-refractivity contribution is -0.124. The zero-order valence-corrected chi connectivity index (χ0v) is 11.5. The van der Waals surface area contributed by atoms with Crippen LogP contribution in [0.1, 0.15) is 27.7 Å². The van der Waals surface area contributed by atoms with Gasteiger partial charge >= 0.3 is 0 Å². The highest BCUT2D eigenvalue weighted by atomic mass is 16.2. The molecule has 0 aliphatic rings. The third-order valence-electron chi connectivity index (χ3n) is 1.98. The van der Waals surface area contributed by atoms with Gasteiger partial charge in [0.1, 0.15) is 0 Å². The fourth-order valence-electron chi connectivity index (χ4n) is 1.29. The van der Waals surface area contributed by atoms with Crippen LogP contribution in [0, 0.1) is 5.92 Å². The highest BCUT2D eigenvalue weighted by Crippen LogP contribution is 1.88. The van der Waals surface area contributed by atoms with Crippen molar-refractivity contribution in [3.05, 3.63) is 0 Å². The van der Waals surface area contributed by atoms with Crippen LogP contribution in [0.3, 0.4) is 0 Å². The fraction of sp³-hybridized carbons (Fsp3) is 0.833. The molecule has 0 aliphatic heterocycles. The summed E-state index contributed by atoms with van der Waals surface area (Å²) in [6.07, 6.45) is 0. The minimum Gasteiger partial charge on any atom is -0.355 e. The number of hydrogen-bond acceptors (Lipinski definition) is 3. The average molecular weight is 243 g/mol. The predicted molar refractivity (Wildman–Crippen MR) is 68.6 cm³/mol. The molecule has 0 spiro atoms. The Bertz CT molecular complexity index is 252. The second-order valence-corrected chi connectivity index (χ2v) is 5.09. The molecule has 0 bridgehead atoms. The highest BCUT2D eigenvalue weighted by Gasteiger charge is 2.11. The second kappa shape index (κ2) is 8.06. The van der Waals surface area contributed by atoms with Gasteiger partial charge in [-0.1, -0.05) is 13.8 Å². The van der Waals surface area contributed by atoms with E-state index in [1.54, 1.807) is 11.9 Å². The summed E-state index contributed by atoms with van der Waals surface area (Å²) < 4.78 is 0. The zero-order valence-electron chi connectivity index (χ0n) is 11.5. The van der Waals surface area contributed by atoms with Crippen molar-refractivity contribution in [3.63, 3.8) is 0 Å². The maximum Gasteiger partial charge on any atom is 0.234 e. The molecule has 0 aliphatic carbocycles. The van der Waals surface area contributed by atoms with Crippen LogP contribution in [-0.2, 0) is 9.59 Å². The van der Waals surface area contributed by atoms with E-state index in [1.807, 2.05) is 27.7 Å². The average Bonchev–Trinajstić information content (AvgIpc) is 2.12. The molecule has 0 rings (SSSR count). The van der Waals surface area contributed by atoms with Crippen molar-refractivity contribution < 1.29 is 9.59 Å². The second-order valence-electron chi connectivity index (χ2n) is 5.09. The molecule has 2 N–H and O–H groups in total. The molecule has 5 heteroatoms. The van der Waals surface area contributed by atoms with Gasteiger partial charge in [-0.15, -0.1) is 0 Å². The first-order valence-corrected chi connectivity index (χ1v) is 6.05. The van der Waals surface area contributed by atoms with Crippen molar-refractivity contribution >= 4 is 11.8 Å². The summed E-state index contributed by atoms with van der Waals surface area (Å²) in [7, 11) is 1.76. The number of carbonyl (C=O) groups is 2. The van der Waals surface area contributed by atoms with Gasteiger partial charge in [0.25, 0.3) is 0 Å². The standard InChI is InChI=1S/C12H25N3O2/c1-9(2)6-13-11(16)7-15(5)8-12(17)14-10(3)4/h9-10H,6-8H2,1-5H3,(H,13,16)(H,14,17). The number of hydrogen-bond donors (Lipinski definition) is 2. The van der Waals surface area contributed by atoms with Gasteiger partial charge in [-0.25, -0.2) is 0 Å². The van der Waals surface area contributed by atoms with E-state index < -0.39 is 0 Å². The molecule has 0 saturated heterocycles. The molecule has 0 saturated carbocycles. The van der Waals surface area contributed by atoms with Gasteiger partial charge in [-0.05, 0) is 26.8 Å². The van der Waals surface area contributed by atoms with Crippen LogP contribution in [0.5, 0.6) is 0 Å². The van der Waals surface area contributed by atoms with Crippen molar-refractivity contribution in [1.82, 2.24) is 15.5 Å². The number of amides is 2. The van der Waals surface area contributed by atoms with Crippen LogP contribution < -0.4 is 10.6 Å². The number of carbonyl (C=O) groups excluding carboxylic acids is 2. The van der Waals surface area contributed by atoms with E-state index in [2.05, 4.69) is 10.6 Å². The monoisotopic (exact) mass is 243 g/mol. The van der Waals surface area contributed by atoms with Crippen LogP contribution in [0.25, 0.3) is 0 Å². The first kappa shape index (κ1) is 15.9. The van der Waals surface area contributed by atoms with Crippen molar-refractivity contribution in [1.29, 1.82) is 0 Å². The number of likely N-dealkylation sites (N-methyl/N-ethyl adjacent to an activating group) is 1. The van der Waals surface area contributed by atoms with Gasteiger partial charge in [0, 0.05) is 12.6 Å². The van der Waals surface area contributed by atoms with Crippen LogP contribution in [-0.4, -0.2) is 49.4 Å². The Labute approximate surface area is 104 Å². The largest absolute Gasteiger partial charge is 0.355 e. The molecular weight excluding hydrogens is 218 g/mol. The molecule has 0 atom stereocenters. The molecule has 0 aromatic rings. The van der Waals surface area contributed by atoms with Crippen LogP contribution in [0.2, 0.25) is 0 Å². The third-order valence-corrected chi connectivity index (χ3v) is 1.98. The number of nitrogens with one attached hydrogen (secondary N) is 2. The molecule has 0 fully saturated rings. The normalized spacial score (nSPS) is 11.1. The summed E-state index contributed by atoms with van der Waals surface area (Å²) in [6.45, 7) is 9.07. The molecule has 0 unspecified atom stereocenters. The molecule has 0 aromatic heterocycles. The van der Waals surface area contributed by atoms with Crippen molar-refractivity contribution in [2.45, 2.75) is 33.7 Å². The predicted octanol–water partition coefficient (Wildman–Crippen LogP) is 0.215. The van der Waals surface area contributed by atoms with Gasteiger partial charge in [0.05, 0.1) is 13.1 Å². The van der Waals surface area contributed by atoms with E-state index in [4.69, 9.17) is 0 Å². The Morgan fingerprint density at radius 2 is 1.59 bits per heavy atom. The summed E-state index contributed by atoms with van der Waals surface area (Å²) >= 11 is 0. The van der Waals surface area contributed by atoms with Crippen LogP contribution in [0.4, 0.5) is 0 Å². The van der Waals surface area contributed by atoms with Crippen molar-refractivity contribution in [3.8, 4) is 0 Å². The van der Waals surface area contributed by atoms with E-state index >= 15 is 0 Å². The Balaban J connectivity index is 3.81. The molecule has 100 valence electrons. The van der Waals surface area contributed by atoms with Gasteiger partial charge in [0.2, 0.25) is 11.8 Å². The van der Waals surface area contributed by atoms with Gasteiger partial charge in [-0.2, -0.15) is 0 Å². The van der Waals surface area contributed by atoms with Gasteiger partial charge in [-0.3, -0.25) is 14.5 Å². The van der Waals surface area contributed by atoms with E-state index in [1.165, 1.54) is 0 Å². The molecular formula is C12H25N3O2. The molecule has 17 heavy (non-hydrogen) atoms. The Hall–Kier alpha value is -1.10. The molecule has 5 nitrogen and oxygen atoms in total. The third kappa shape index (κ3) is 9.81. The zero-order chi connectivity index (χ0) is 13.4. The van der Waals surface area contributed by atoms with E-state index in [9.17, 15) is 9.59 Å². The maximum atomic E-state index is 11.5. The lowest BCUT2D eigenvalue weighted by Crippen LogP contribution is -2.43. The lowest BCUT2D eigenvalue weighted by atomic mass is 10.2. The molecule has 0 radical (unpaired) electrons. The highest BCUT2D eigenvalue weighted by molar-refractivity contribution is 5.81. The summed E-state index contributed by atoms with van der Waals surface area (Å²) in [6, 6.07) is 0.130. The quantitative estimate of drug-likeness (QED) is 0.672. The Morgan fingerprint density at radius 3 is 2.06 bits per heavy atom. The smallest absolute Gasteiger partial charge is 0.234 e. The van der Waals surface area contributed by atoms with Gasteiger partial charge < -0.3 is 10.6 Å². The summed E-state index contributed by atoms with van der Waals surface area (Å²) in [5, 5.41) is 5.60. The first-order chi connectivity index (χ1) is 7.81. The Kier molecular flexibility index (Phi) is 7.54. The van der Waals surface area contributed by atoms with E-state index in [-0.39, 0.29) is 30.9 Å². The summed E-state index contributed by atoms with van der Waals surface area (Å²) in [5.74, 6) is 0.339. The van der Waals surface area contributed by atoms with Gasteiger partial charge in [0.15, 0.2) is 0 Å². The minimum absolute atomic E-state index is 0.0430. The topological polar surface area (TPSA) is 61.4 Å². The number of nitrogens with zero attached hydrogens (tertiary/aromatic N) is 1. The summed E-state index contributed by atoms with van der Waals surface area (Å²) in [4.78, 5) is 24.6. The van der Waals surface area contributed by atoms with Crippen LogP contribution >= 0.6 is 0 Å².